The van der Waals surface area contributed by atoms with E-state index in [-0.39, 0.29) is 66.5 Å². The van der Waals surface area contributed by atoms with E-state index in [0.717, 1.165) is 16.6 Å². The number of amides is 2. The van der Waals surface area contributed by atoms with Crippen molar-refractivity contribution in [2.24, 2.45) is 7.05 Å². The maximum absolute atomic E-state index is 15.7. The van der Waals surface area contributed by atoms with Crippen LogP contribution in [0.1, 0.15) is 33.6 Å². The SMILES string of the molecule is Cn1cnc2c(F)c(Nc3ccc(Br)cc3Cl)c(C(=O)NOCCOC3CC[C@@H](C4(O)CN(C(=O)c5ccc(F)c(F)c5Nc5ccc(I)cc5F)C4)NC3)cc21. The van der Waals surface area contributed by atoms with E-state index in [1.807, 2.05) is 22.6 Å². The predicted molar refractivity (Wildman–Crippen MR) is 217 cm³/mol. The number of carbonyl (C=O) groups is 2. The van der Waals surface area contributed by atoms with Gasteiger partial charge in [-0.1, -0.05) is 27.5 Å². The first-order valence-corrected chi connectivity index (χ1v) is 19.8. The molecule has 0 spiro atoms. The van der Waals surface area contributed by atoms with Gasteiger partial charge >= 0.3 is 0 Å². The highest BCUT2D eigenvalue weighted by Crippen LogP contribution is 2.36. The second kappa shape index (κ2) is 17.0. The zero-order valence-electron chi connectivity index (χ0n) is 29.9. The first-order chi connectivity index (χ1) is 27.2. The van der Waals surface area contributed by atoms with Crippen LogP contribution >= 0.6 is 50.1 Å². The number of hydrogen-bond acceptors (Lipinski definition) is 9. The summed E-state index contributed by atoms with van der Waals surface area (Å²) in [6, 6.07) is 12.2. The number of β-amino-alcohol motifs (C(OH)–C–C–N with tert-alkyl or cyclic N) is 1. The largest absolute Gasteiger partial charge is 0.385 e. The van der Waals surface area contributed by atoms with E-state index in [0.29, 0.717) is 39.2 Å². The van der Waals surface area contributed by atoms with Gasteiger partial charge in [0, 0.05) is 27.7 Å². The monoisotopic (exact) mass is 985 g/mol. The molecule has 12 nitrogen and oxygen atoms in total. The molecule has 2 amide bonds. The number of ether oxygens (including phenoxy) is 1. The number of imidazole rings is 1. The van der Waals surface area contributed by atoms with Crippen molar-refractivity contribution < 1.29 is 41.8 Å². The number of aryl methyl sites for hydroxylation is 1. The van der Waals surface area contributed by atoms with Crippen molar-refractivity contribution >= 4 is 95.7 Å². The molecule has 3 heterocycles. The van der Waals surface area contributed by atoms with Gasteiger partial charge in [0.1, 0.15) is 16.9 Å². The van der Waals surface area contributed by atoms with Crippen LogP contribution < -0.4 is 21.4 Å². The van der Waals surface area contributed by atoms with Crippen molar-refractivity contribution in [3.63, 3.8) is 0 Å². The Kier molecular flexibility index (Phi) is 12.3. The van der Waals surface area contributed by atoms with Gasteiger partial charge in [-0.05, 0) is 90.0 Å². The van der Waals surface area contributed by atoms with E-state index in [2.05, 4.69) is 42.3 Å². The predicted octanol–water partition coefficient (Wildman–Crippen LogP) is 7.32. The molecule has 2 aliphatic rings. The maximum Gasteiger partial charge on any atom is 0.277 e. The van der Waals surface area contributed by atoms with E-state index in [1.54, 1.807) is 35.9 Å². The van der Waals surface area contributed by atoms with Crippen molar-refractivity contribution in [3.05, 3.63) is 108 Å². The zero-order chi connectivity index (χ0) is 40.6. The molecule has 1 unspecified atom stereocenters. The summed E-state index contributed by atoms with van der Waals surface area (Å²) in [5.74, 6) is -5.35. The van der Waals surface area contributed by atoms with Gasteiger partial charge in [0.15, 0.2) is 17.5 Å². The Morgan fingerprint density at radius 3 is 2.44 bits per heavy atom. The van der Waals surface area contributed by atoms with Gasteiger partial charge in [0.05, 0.1) is 83.2 Å². The van der Waals surface area contributed by atoms with Gasteiger partial charge in [-0.15, -0.1) is 0 Å². The number of fused-ring (bicyclic) bond motifs is 1. The molecule has 0 saturated carbocycles. The molecule has 57 heavy (non-hydrogen) atoms. The van der Waals surface area contributed by atoms with Crippen molar-refractivity contribution in [1.29, 1.82) is 0 Å². The van der Waals surface area contributed by atoms with Crippen molar-refractivity contribution in [1.82, 2.24) is 25.2 Å². The summed E-state index contributed by atoms with van der Waals surface area (Å²) in [7, 11) is 1.68. The van der Waals surface area contributed by atoms with Crippen LogP contribution in [0.15, 0.2) is 65.4 Å². The van der Waals surface area contributed by atoms with Crippen LogP contribution in [-0.4, -0.2) is 82.0 Å². The van der Waals surface area contributed by atoms with Gasteiger partial charge in [0.25, 0.3) is 11.8 Å². The Labute approximate surface area is 350 Å². The molecule has 19 heteroatoms. The standard InChI is InChI=1S/C38H34BrClF4IN7O5/c1-51-18-47-35-29(51)14-23(34(32(35)44)48-27-7-2-19(39)12-24(27)40)36(53)50-57-11-10-56-21-4-9-30(46-15-21)38(55)16-52(17-38)37(54)22-5-6-25(41)31(43)33(22)49-28-8-3-20(45)13-26(28)42/h2-3,5-8,12-14,18,21,30,46,48-49,55H,4,9-11,15-17H2,1H3,(H,50,53)/t21?,30-/m0/s1. The highest BCUT2D eigenvalue weighted by Gasteiger charge is 2.50. The molecule has 1 aromatic heterocycles. The van der Waals surface area contributed by atoms with Crippen LogP contribution in [0.4, 0.5) is 40.3 Å². The molecule has 0 radical (unpaired) electrons. The topological polar surface area (TPSA) is 142 Å². The number of hydroxylamine groups is 1. The number of rotatable bonds is 12. The fraction of sp³-hybridized carbons (Fsp3) is 0.289. The van der Waals surface area contributed by atoms with Gasteiger partial charge in [0.2, 0.25) is 0 Å². The smallest absolute Gasteiger partial charge is 0.277 e. The van der Waals surface area contributed by atoms with Gasteiger partial charge in [-0.3, -0.25) is 14.4 Å². The maximum atomic E-state index is 15.7. The van der Waals surface area contributed by atoms with Crippen LogP contribution in [0.5, 0.6) is 0 Å². The highest BCUT2D eigenvalue weighted by atomic mass is 127. The van der Waals surface area contributed by atoms with Crippen LogP contribution in [0, 0.1) is 26.8 Å². The highest BCUT2D eigenvalue weighted by molar-refractivity contribution is 14.1. The zero-order valence-corrected chi connectivity index (χ0v) is 34.4. The molecule has 4 aromatic carbocycles. The third-order valence-electron chi connectivity index (χ3n) is 9.85. The second-order valence-corrected chi connectivity index (χ2v) is 16.3. The molecule has 0 bridgehead atoms. The Hall–Kier alpha value is -4.05. The molecular weight excluding hydrogens is 953 g/mol. The van der Waals surface area contributed by atoms with E-state index in [1.165, 1.54) is 29.4 Å². The molecule has 300 valence electrons. The van der Waals surface area contributed by atoms with Crippen LogP contribution in [0.2, 0.25) is 5.02 Å². The first kappa shape index (κ1) is 41.1. The quantitative estimate of drug-likeness (QED) is 0.0377. The van der Waals surface area contributed by atoms with Gasteiger partial charge < -0.3 is 35.3 Å². The lowest BCUT2D eigenvalue weighted by Crippen LogP contribution is -2.72. The summed E-state index contributed by atoms with van der Waals surface area (Å²) in [6.45, 7) is 0.327. The second-order valence-electron chi connectivity index (χ2n) is 13.7. The van der Waals surface area contributed by atoms with E-state index >= 15 is 4.39 Å². The number of hydrogen-bond donors (Lipinski definition) is 5. The number of aliphatic hydroxyl groups is 1. The number of benzene rings is 4. The number of nitrogens with zero attached hydrogens (tertiary/aromatic N) is 3. The Balaban J connectivity index is 0.888. The Bertz CT molecular complexity index is 2360. The van der Waals surface area contributed by atoms with Crippen molar-refractivity contribution in [2.75, 3.05) is 43.5 Å². The molecule has 7 rings (SSSR count). The summed E-state index contributed by atoms with van der Waals surface area (Å²) in [5, 5.41) is 20.4. The van der Waals surface area contributed by atoms with Crippen molar-refractivity contribution in [2.45, 2.75) is 30.6 Å². The molecule has 2 atom stereocenters. The van der Waals surface area contributed by atoms with Crippen LogP contribution in [0.3, 0.4) is 0 Å². The number of piperidine rings is 1. The number of anilines is 4. The number of aromatic nitrogens is 2. The molecule has 5 aromatic rings. The summed E-state index contributed by atoms with van der Waals surface area (Å²) in [5.41, 5.74) is 0.886. The first-order valence-electron chi connectivity index (χ1n) is 17.6. The van der Waals surface area contributed by atoms with E-state index < -0.39 is 46.4 Å². The van der Waals surface area contributed by atoms with E-state index in [4.69, 9.17) is 21.2 Å². The molecule has 2 fully saturated rings. The van der Waals surface area contributed by atoms with Gasteiger partial charge in [-0.25, -0.2) is 28.0 Å². The average molecular weight is 987 g/mol. The third-order valence-corrected chi connectivity index (χ3v) is 11.3. The third kappa shape index (κ3) is 8.72. The summed E-state index contributed by atoms with van der Waals surface area (Å²) in [6.07, 6.45) is 2.27. The number of halogens is 7. The normalized spacial score (nSPS) is 17.7. The fourth-order valence-electron chi connectivity index (χ4n) is 6.84. The average Bonchev–Trinajstić information content (AvgIpc) is 3.55. The number of carbonyl (C=O) groups excluding carboxylic acids is 2. The lowest BCUT2D eigenvalue weighted by Gasteiger charge is -2.52. The number of likely N-dealkylation sites (tertiary alicyclic amines) is 1. The van der Waals surface area contributed by atoms with Crippen LogP contribution in [-0.2, 0) is 16.6 Å². The fourth-order valence-corrected chi connectivity index (χ4v) is 8.01. The summed E-state index contributed by atoms with van der Waals surface area (Å²) < 4.78 is 68.2. The summed E-state index contributed by atoms with van der Waals surface area (Å²) >= 11 is 11.6. The van der Waals surface area contributed by atoms with E-state index in [9.17, 15) is 27.9 Å². The molecule has 0 aliphatic carbocycles. The molecular formula is C38H34BrClF4IN7O5. The lowest BCUT2D eigenvalue weighted by atomic mass is 9.81. The molecule has 5 N–H and O–H groups in total. The van der Waals surface area contributed by atoms with Crippen LogP contribution in [0.25, 0.3) is 11.0 Å². The Morgan fingerprint density at radius 2 is 1.72 bits per heavy atom. The molecule has 2 saturated heterocycles. The molecule has 2 aliphatic heterocycles. The summed E-state index contributed by atoms with van der Waals surface area (Å²) in [4.78, 5) is 37.5. The minimum atomic E-state index is -1.33. The van der Waals surface area contributed by atoms with Gasteiger partial charge in [-0.2, -0.15) is 0 Å². The minimum absolute atomic E-state index is 0.0263. The minimum Gasteiger partial charge on any atom is -0.385 e. The Morgan fingerprint density at radius 1 is 0.982 bits per heavy atom. The lowest BCUT2D eigenvalue weighted by molar-refractivity contribution is -0.117. The number of nitrogens with one attached hydrogen (secondary N) is 4. The van der Waals surface area contributed by atoms with Crippen molar-refractivity contribution in [3.8, 4) is 0 Å².